The number of rotatable bonds is 6. The van der Waals surface area contributed by atoms with Gasteiger partial charge >= 0.3 is 5.97 Å². The second-order valence-corrected chi connectivity index (χ2v) is 7.07. The molecule has 0 N–H and O–H groups in total. The van der Waals surface area contributed by atoms with E-state index in [1.807, 2.05) is 30.3 Å². The van der Waals surface area contributed by atoms with Crippen LogP contribution >= 0.6 is 0 Å². The molecule has 0 bridgehead atoms. The van der Waals surface area contributed by atoms with Crippen LogP contribution in [0.2, 0.25) is 0 Å². The van der Waals surface area contributed by atoms with E-state index in [1.165, 1.54) is 16.9 Å². The molecule has 2 aliphatic rings. The number of esters is 1. The first-order chi connectivity index (χ1) is 14.1. The number of carbonyl (C=O) groups is 3. The molecular formula is C22H22N2O5. The number of ether oxygens (including phenoxy) is 2. The molecule has 2 heterocycles. The molecule has 0 radical (unpaired) electrons. The van der Waals surface area contributed by atoms with Gasteiger partial charge in [0, 0.05) is 26.5 Å². The van der Waals surface area contributed by atoms with Gasteiger partial charge in [-0.05, 0) is 17.7 Å². The maximum absolute atomic E-state index is 13.4. The van der Waals surface area contributed by atoms with Gasteiger partial charge in [-0.15, -0.1) is 0 Å². The van der Waals surface area contributed by atoms with Crippen molar-refractivity contribution >= 4 is 23.5 Å². The third-order valence-electron chi connectivity index (χ3n) is 5.43. The van der Waals surface area contributed by atoms with Gasteiger partial charge in [-0.2, -0.15) is 0 Å². The van der Waals surface area contributed by atoms with Gasteiger partial charge in [-0.3, -0.25) is 14.5 Å². The summed E-state index contributed by atoms with van der Waals surface area (Å²) in [6.45, 7) is 0.481. The van der Waals surface area contributed by atoms with E-state index >= 15 is 0 Å². The van der Waals surface area contributed by atoms with Gasteiger partial charge in [0.1, 0.15) is 6.61 Å². The van der Waals surface area contributed by atoms with Gasteiger partial charge in [0.2, 0.25) is 11.6 Å². The molecule has 1 unspecified atom stereocenters. The zero-order chi connectivity index (χ0) is 20.4. The molecule has 0 aromatic heterocycles. The maximum Gasteiger partial charge on any atom is 0.354 e. The Bertz CT molecular complexity index is 945. The van der Waals surface area contributed by atoms with Crippen molar-refractivity contribution in [1.82, 2.24) is 4.90 Å². The molecule has 0 spiro atoms. The molecule has 4 rings (SSSR count). The van der Waals surface area contributed by atoms with E-state index in [0.29, 0.717) is 11.3 Å². The van der Waals surface area contributed by atoms with Crippen LogP contribution in [0.3, 0.4) is 0 Å². The molecule has 1 atom stereocenters. The minimum absolute atomic E-state index is 0.0669. The lowest BCUT2D eigenvalue weighted by molar-refractivity contribution is -0.159. The van der Waals surface area contributed by atoms with Crippen molar-refractivity contribution in [3.8, 4) is 0 Å². The quantitative estimate of drug-likeness (QED) is 0.703. The first-order valence-corrected chi connectivity index (χ1v) is 9.54. The Morgan fingerprint density at radius 3 is 2.55 bits per heavy atom. The molecule has 2 aromatic carbocycles. The maximum atomic E-state index is 13.4. The molecule has 150 valence electrons. The normalized spacial score (nSPS) is 20.4. The lowest BCUT2D eigenvalue weighted by Crippen LogP contribution is -2.68. The first-order valence-electron chi connectivity index (χ1n) is 9.54. The van der Waals surface area contributed by atoms with Gasteiger partial charge < -0.3 is 14.4 Å². The fraction of sp³-hybridized carbons (Fsp3) is 0.318. The van der Waals surface area contributed by atoms with Gasteiger partial charge in [-0.1, -0.05) is 42.5 Å². The number of nitrogens with zero attached hydrogens (tertiary/aromatic N) is 2. The molecule has 0 aliphatic carbocycles. The van der Waals surface area contributed by atoms with Crippen LogP contribution in [0.15, 0.2) is 54.6 Å². The van der Waals surface area contributed by atoms with Gasteiger partial charge in [0.15, 0.2) is 0 Å². The zero-order valence-corrected chi connectivity index (χ0v) is 16.2. The monoisotopic (exact) mass is 394 g/mol. The molecule has 2 amide bonds. The van der Waals surface area contributed by atoms with Crippen molar-refractivity contribution in [3.63, 3.8) is 0 Å². The summed E-state index contributed by atoms with van der Waals surface area (Å²) in [7, 11) is 1.53. The number of hydrogen-bond donors (Lipinski definition) is 0. The lowest BCUT2D eigenvalue weighted by atomic mass is 9.96. The van der Waals surface area contributed by atoms with Crippen LogP contribution in [0.4, 0.5) is 5.69 Å². The number of amides is 2. The Morgan fingerprint density at radius 2 is 1.79 bits per heavy atom. The molecule has 1 fully saturated rings. The van der Waals surface area contributed by atoms with Crippen molar-refractivity contribution in [3.05, 3.63) is 65.7 Å². The predicted octanol–water partition coefficient (Wildman–Crippen LogP) is 2.36. The van der Waals surface area contributed by atoms with E-state index in [2.05, 4.69) is 0 Å². The van der Waals surface area contributed by atoms with Crippen LogP contribution < -0.4 is 4.90 Å². The van der Waals surface area contributed by atoms with Crippen LogP contribution in [0, 0.1) is 0 Å². The van der Waals surface area contributed by atoms with Crippen molar-refractivity contribution in [2.24, 2.45) is 0 Å². The van der Waals surface area contributed by atoms with E-state index in [9.17, 15) is 14.4 Å². The Balaban J connectivity index is 1.75. The second-order valence-electron chi connectivity index (χ2n) is 7.07. The predicted molar refractivity (Wildman–Crippen MR) is 105 cm³/mol. The molecule has 2 aliphatic heterocycles. The second kappa shape index (κ2) is 7.67. The van der Waals surface area contributed by atoms with Crippen LogP contribution in [0.25, 0.3) is 0 Å². The Labute approximate surface area is 168 Å². The SMILES string of the molecule is COCCN1C(=O)c2ccccc2N2C(=O)CCC12C(=O)OCc1ccccc1. The summed E-state index contributed by atoms with van der Waals surface area (Å²) in [6, 6.07) is 16.2. The van der Waals surface area contributed by atoms with E-state index in [4.69, 9.17) is 9.47 Å². The standard InChI is InChI=1S/C22H22N2O5/c1-28-14-13-23-20(26)17-9-5-6-10-18(17)24-19(25)11-12-22(23,24)21(27)29-15-16-7-3-2-4-8-16/h2-10H,11-15H2,1H3. The smallest absolute Gasteiger partial charge is 0.354 e. The summed E-state index contributed by atoms with van der Waals surface area (Å²) >= 11 is 0. The summed E-state index contributed by atoms with van der Waals surface area (Å²) in [5.41, 5.74) is 0.185. The number of para-hydroxylation sites is 1. The summed E-state index contributed by atoms with van der Waals surface area (Å²) in [4.78, 5) is 42.4. The van der Waals surface area contributed by atoms with Gasteiger partial charge in [0.05, 0.1) is 17.9 Å². The van der Waals surface area contributed by atoms with Crippen LogP contribution in [0.5, 0.6) is 0 Å². The largest absolute Gasteiger partial charge is 0.458 e. The minimum atomic E-state index is -1.49. The lowest BCUT2D eigenvalue weighted by Gasteiger charge is -2.48. The van der Waals surface area contributed by atoms with E-state index in [-0.39, 0.29) is 44.4 Å². The molecule has 2 aromatic rings. The van der Waals surface area contributed by atoms with Crippen molar-refractivity contribution in [2.45, 2.75) is 25.1 Å². The number of carbonyl (C=O) groups excluding carboxylic acids is 3. The fourth-order valence-electron chi connectivity index (χ4n) is 4.07. The third kappa shape index (κ3) is 3.07. The average molecular weight is 394 g/mol. The van der Waals surface area contributed by atoms with E-state index in [0.717, 1.165) is 5.56 Å². The summed E-state index contributed by atoms with van der Waals surface area (Å²) in [5, 5.41) is 0. The summed E-state index contributed by atoms with van der Waals surface area (Å²) in [5.74, 6) is -1.12. The highest BCUT2D eigenvalue weighted by atomic mass is 16.5. The Kier molecular flexibility index (Phi) is 5.07. The molecule has 1 saturated heterocycles. The third-order valence-corrected chi connectivity index (χ3v) is 5.43. The highest BCUT2D eigenvalue weighted by Crippen LogP contribution is 2.45. The highest BCUT2D eigenvalue weighted by molar-refractivity contribution is 6.15. The first kappa shape index (κ1) is 19.1. The summed E-state index contributed by atoms with van der Waals surface area (Å²) in [6.07, 6.45) is 0.342. The van der Waals surface area contributed by atoms with Crippen LogP contribution in [-0.4, -0.2) is 48.6 Å². The van der Waals surface area contributed by atoms with Crippen molar-refractivity contribution in [2.75, 3.05) is 25.2 Å². The molecule has 7 nitrogen and oxygen atoms in total. The number of methoxy groups -OCH3 is 1. The molecular weight excluding hydrogens is 372 g/mol. The number of hydrogen-bond acceptors (Lipinski definition) is 5. The topological polar surface area (TPSA) is 76.2 Å². The van der Waals surface area contributed by atoms with Gasteiger partial charge in [0.25, 0.3) is 5.91 Å². The number of benzene rings is 2. The average Bonchev–Trinajstić information content (AvgIpc) is 3.11. The van der Waals surface area contributed by atoms with Crippen molar-refractivity contribution in [1.29, 1.82) is 0 Å². The Hall–Kier alpha value is -3.19. The van der Waals surface area contributed by atoms with Crippen LogP contribution in [0.1, 0.15) is 28.8 Å². The molecule has 0 saturated carbocycles. The zero-order valence-electron chi connectivity index (χ0n) is 16.2. The van der Waals surface area contributed by atoms with E-state index < -0.39 is 11.6 Å². The minimum Gasteiger partial charge on any atom is -0.458 e. The van der Waals surface area contributed by atoms with Crippen LogP contribution in [-0.2, 0) is 25.7 Å². The fourth-order valence-corrected chi connectivity index (χ4v) is 4.07. The molecule has 29 heavy (non-hydrogen) atoms. The highest BCUT2D eigenvalue weighted by Gasteiger charge is 2.61. The van der Waals surface area contributed by atoms with Gasteiger partial charge in [-0.25, -0.2) is 4.79 Å². The Morgan fingerprint density at radius 1 is 1.07 bits per heavy atom. The number of anilines is 1. The van der Waals surface area contributed by atoms with Crippen molar-refractivity contribution < 1.29 is 23.9 Å². The molecule has 7 heteroatoms. The van der Waals surface area contributed by atoms with E-state index in [1.54, 1.807) is 24.3 Å². The number of fused-ring (bicyclic) bond motifs is 3. The summed E-state index contributed by atoms with van der Waals surface area (Å²) < 4.78 is 10.8.